The predicted octanol–water partition coefficient (Wildman–Crippen LogP) is 2.87. The summed E-state index contributed by atoms with van der Waals surface area (Å²) in [6, 6.07) is 8.35. The van der Waals surface area contributed by atoms with Crippen molar-refractivity contribution < 1.29 is 4.74 Å². The van der Waals surface area contributed by atoms with E-state index in [0.717, 1.165) is 24.8 Å². The highest BCUT2D eigenvalue weighted by atomic mass is 127. The maximum absolute atomic E-state index is 5.15. The van der Waals surface area contributed by atoms with Crippen LogP contribution in [0.4, 0.5) is 0 Å². The normalized spacial score (nSPS) is 10.9. The molecule has 0 aliphatic heterocycles. The first-order valence-electron chi connectivity index (χ1n) is 6.88. The molecular weight excluding hydrogens is 397 g/mol. The molecule has 0 aromatic heterocycles. The molecule has 2 N–H and O–H groups in total. The van der Waals surface area contributed by atoms with E-state index in [0.29, 0.717) is 13.2 Å². The van der Waals surface area contributed by atoms with Crippen LogP contribution >= 0.6 is 35.7 Å². The number of hydrogen-bond acceptors (Lipinski definition) is 3. The molecule has 0 atom stereocenters. The van der Waals surface area contributed by atoms with Crippen molar-refractivity contribution in [3.63, 3.8) is 0 Å². The average Bonchev–Trinajstić information content (AvgIpc) is 2.46. The van der Waals surface area contributed by atoms with Gasteiger partial charge < -0.3 is 15.4 Å². The smallest absolute Gasteiger partial charge is 0.191 e. The Balaban J connectivity index is 0.00000400. The number of rotatable bonds is 8. The molecule has 21 heavy (non-hydrogen) atoms. The van der Waals surface area contributed by atoms with E-state index >= 15 is 0 Å². The molecule has 0 saturated heterocycles. The number of thioether (sulfide) groups is 1. The van der Waals surface area contributed by atoms with Crippen molar-refractivity contribution in [3.8, 4) is 0 Å². The second-order valence-electron chi connectivity index (χ2n) is 4.37. The highest BCUT2D eigenvalue weighted by molar-refractivity contribution is 14.0. The maximum Gasteiger partial charge on any atom is 0.191 e. The lowest BCUT2D eigenvalue weighted by atomic mass is 10.1. The number of methoxy groups -OCH3 is 1. The van der Waals surface area contributed by atoms with E-state index in [1.54, 1.807) is 7.11 Å². The Hall–Kier alpha value is -0.470. The van der Waals surface area contributed by atoms with Crippen molar-refractivity contribution in [3.05, 3.63) is 35.4 Å². The van der Waals surface area contributed by atoms with Crippen molar-refractivity contribution in [2.45, 2.75) is 20.1 Å². The third kappa shape index (κ3) is 9.21. The van der Waals surface area contributed by atoms with Gasteiger partial charge in [0, 0.05) is 26.0 Å². The predicted molar refractivity (Wildman–Crippen MR) is 104 cm³/mol. The molecule has 0 aliphatic rings. The zero-order valence-electron chi connectivity index (χ0n) is 13.0. The largest absolute Gasteiger partial charge is 0.380 e. The van der Waals surface area contributed by atoms with E-state index in [-0.39, 0.29) is 24.0 Å². The van der Waals surface area contributed by atoms with Crippen molar-refractivity contribution in [2.75, 3.05) is 32.2 Å². The Morgan fingerprint density at radius 2 is 2.05 bits per heavy atom. The second-order valence-corrected chi connectivity index (χ2v) is 5.35. The molecule has 0 unspecified atom stereocenters. The molecule has 0 bridgehead atoms. The molecule has 120 valence electrons. The van der Waals surface area contributed by atoms with Crippen LogP contribution in [0, 0.1) is 0 Å². The third-order valence-corrected chi connectivity index (χ3v) is 3.28. The van der Waals surface area contributed by atoms with Gasteiger partial charge in [0.05, 0.1) is 13.2 Å². The number of benzene rings is 1. The lowest BCUT2D eigenvalue weighted by Gasteiger charge is -2.10. The van der Waals surface area contributed by atoms with E-state index in [1.165, 1.54) is 11.1 Å². The summed E-state index contributed by atoms with van der Waals surface area (Å²) in [5, 5.41) is 6.58. The third-order valence-electron chi connectivity index (χ3n) is 2.66. The molecule has 1 rings (SSSR count). The Bertz CT molecular complexity index is 416. The SMILES string of the molecule is CCNC(=NCc1cccc(COC)c1)NCCSC.I. The van der Waals surface area contributed by atoms with Crippen LogP contribution in [0.3, 0.4) is 0 Å². The summed E-state index contributed by atoms with van der Waals surface area (Å²) in [5.74, 6) is 1.95. The summed E-state index contributed by atoms with van der Waals surface area (Å²) in [6.07, 6.45) is 2.10. The fraction of sp³-hybridized carbons (Fsp3) is 0.533. The van der Waals surface area contributed by atoms with Crippen LogP contribution in [0.2, 0.25) is 0 Å². The molecule has 0 heterocycles. The summed E-state index contributed by atoms with van der Waals surface area (Å²) in [5.41, 5.74) is 2.38. The molecule has 1 aromatic rings. The highest BCUT2D eigenvalue weighted by Crippen LogP contribution is 2.07. The van der Waals surface area contributed by atoms with Crippen molar-refractivity contribution in [2.24, 2.45) is 4.99 Å². The van der Waals surface area contributed by atoms with E-state index in [1.807, 2.05) is 17.8 Å². The Labute approximate surface area is 149 Å². The first-order chi connectivity index (χ1) is 9.80. The Morgan fingerprint density at radius 3 is 2.71 bits per heavy atom. The topological polar surface area (TPSA) is 45.7 Å². The molecule has 6 heteroatoms. The number of hydrogen-bond donors (Lipinski definition) is 2. The Kier molecular flexibility index (Phi) is 12.9. The maximum atomic E-state index is 5.15. The number of ether oxygens (including phenoxy) is 1. The van der Waals surface area contributed by atoms with Gasteiger partial charge in [-0.25, -0.2) is 4.99 Å². The molecule has 0 spiro atoms. The van der Waals surface area contributed by atoms with Gasteiger partial charge in [0.15, 0.2) is 5.96 Å². The van der Waals surface area contributed by atoms with Gasteiger partial charge in [-0.1, -0.05) is 24.3 Å². The van der Waals surface area contributed by atoms with Crippen LogP contribution in [0.5, 0.6) is 0 Å². The lowest BCUT2D eigenvalue weighted by molar-refractivity contribution is 0.185. The number of aliphatic imine (C=N–C) groups is 1. The minimum absolute atomic E-state index is 0. The average molecular weight is 423 g/mol. The summed E-state index contributed by atoms with van der Waals surface area (Å²) in [4.78, 5) is 4.60. The zero-order valence-corrected chi connectivity index (χ0v) is 16.2. The molecule has 0 saturated carbocycles. The fourth-order valence-corrected chi connectivity index (χ4v) is 2.07. The lowest BCUT2D eigenvalue weighted by Crippen LogP contribution is -2.38. The fourth-order valence-electron chi connectivity index (χ4n) is 1.77. The quantitative estimate of drug-likeness (QED) is 0.292. The molecule has 0 aliphatic carbocycles. The van der Waals surface area contributed by atoms with Crippen LogP contribution in [-0.2, 0) is 17.9 Å². The number of nitrogens with one attached hydrogen (secondary N) is 2. The zero-order chi connectivity index (χ0) is 14.6. The monoisotopic (exact) mass is 423 g/mol. The van der Waals surface area contributed by atoms with Crippen molar-refractivity contribution >= 4 is 41.7 Å². The van der Waals surface area contributed by atoms with Crippen molar-refractivity contribution in [1.82, 2.24) is 10.6 Å². The van der Waals surface area contributed by atoms with E-state index in [2.05, 4.69) is 47.0 Å². The highest BCUT2D eigenvalue weighted by Gasteiger charge is 1.98. The van der Waals surface area contributed by atoms with Gasteiger partial charge in [-0.15, -0.1) is 24.0 Å². The van der Waals surface area contributed by atoms with Crippen LogP contribution in [-0.4, -0.2) is 38.2 Å². The second kappa shape index (κ2) is 13.2. The van der Waals surface area contributed by atoms with Gasteiger partial charge >= 0.3 is 0 Å². The van der Waals surface area contributed by atoms with Crippen LogP contribution < -0.4 is 10.6 Å². The van der Waals surface area contributed by atoms with E-state index < -0.39 is 0 Å². The van der Waals surface area contributed by atoms with Gasteiger partial charge in [-0.3, -0.25) is 0 Å². The van der Waals surface area contributed by atoms with Crippen LogP contribution in [0.1, 0.15) is 18.1 Å². The van der Waals surface area contributed by atoms with Crippen LogP contribution in [0.15, 0.2) is 29.3 Å². The van der Waals surface area contributed by atoms with Gasteiger partial charge in [0.1, 0.15) is 0 Å². The first-order valence-corrected chi connectivity index (χ1v) is 8.27. The summed E-state index contributed by atoms with van der Waals surface area (Å²) in [6.45, 7) is 5.19. The standard InChI is InChI=1S/C15H25N3OS.HI/c1-4-16-15(17-8-9-20-3)18-11-13-6-5-7-14(10-13)12-19-2;/h5-7,10H,4,8-9,11-12H2,1-3H3,(H2,16,17,18);1H. The Morgan fingerprint density at radius 1 is 1.29 bits per heavy atom. The van der Waals surface area contributed by atoms with E-state index in [4.69, 9.17) is 4.74 Å². The molecule has 0 fully saturated rings. The molecule has 0 amide bonds. The van der Waals surface area contributed by atoms with Crippen molar-refractivity contribution in [1.29, 1.82) is 0 Å². The van der Waals surface area contributed by atoms with Gasteiger partial charge in [0.25, 0.3) is 0 Å². The summed E-state index contributed by atoms with van der Waals surface area (Å²) in [7, 11) is 1.71. The number of guanidine groups is 1. The van der Waals surface area contributed by atoms with Gasteiger partial charge in [-0.2, -0.15) is 11.8 Å². The molecule has 4 nitrogen and oxygen atoms in total. The van der Waals surface area contributed by atoms with Crippen LogP contribution in [0.25, 0.3) is 0 Å². The first kappa shape index (κ1) is 20.5. The molecular formula is C15H26IN3OS. The van der Waals surface area contributed by atoms with E-state index in [9.17, 15) is 0 Å². The number of nitrogens with zero attached hydrogens (tertiary/aromatic N) is 1. The summed E-state index contributed by atoms with van der Waals surface area (Å²) < 4.78 is 5.15. The minimum atomic E-state index is 0. The van der Waals surface area contributed by atoms with Gasteiger partial charge in [0.2, 0.25) is 0 Å². The van der Waals surface area contributed by atoms with Gasteiger partial charge in [-0.05, 0) is 24.3 Å². The number of halogens is 1. The molecule has 0 radical (unpaired) electrons. The molecule has 1 aromatic carbocycles. The minimum Gasteiger partial charge on any atom is -0.380 e. The summed E-state index contributed by atoms with van der Waals surface area (Å²) >= 11 is 1.82.